The second-order valence-corrected chi connectivity index (χ2v) is 5.15. The maximum absolute atomic E-state index is 8.74. The third-order valence-corrected chi connectivity index (χ3v) is 2.52. The molecule has 1 heterocycles. The first-order chi connectivity index (χ1) is 8.68. The molecule has 1 aliphatic heterocycles. The number of hydrogen-bond donors (Lipinski definition) is 4. The lowest BCUT2D eigenvalue weighted by Gasteiger charge is -2.18. The van der Waals surface area contributed by atoms with E-state index in [1.807, 2.05) is 0 Å². The molecule has 114 valence electrons. The van der Waals surface area contributed by atoms with Crippen molar-refractivity contribution in [2.24, 2.45) is 16.5 Å². The van der Waals surface area contributed by atoms with Crippen LogP contribution in [0.25, 0.3) is 0 Å². The number of aliphatic imine (C=N–C) groups is 1. The van der Waals surface area contributed by atoms with Crippen LogP contribution >= 0.6 is 0 Å². The Kier molecular flexibility index (Phi) is 8.59. The molecule has 0 radical (unpaired) electrons. The van der Waals surface area contributed by atoms with E-state index in [-0.39, 0.29) is 5.96 Å². The first kappa shape index (κ1) is 18.1. The summed E-state index contributed by atoms with van der Waals surface area (Å²) in [7, 11) is -2.50. The maximum Gasteiger partial charge on any atom is 0.394 e. The fraction of sp³-hybridized carbons (Fsp3) is 0.889. The van der Waals surface area contributed by atoms with E-state index in [4.69, 9.17) is 29.0 Å². The van der Waals surface area contributed by atoms with Crippen molar-refractivity contribution in [1.29, 1.82) is 0 Å². The van der Waals surface area contributed by atoms with Gasteiger partial charge in [0, 0.05) is 19.6 Å². The number of hydrogen-bond acceptors (Lipinski definition) is 5. The standard InChI is InChI=1S/C9H21N5.H2O4S/c1-13-4-2-5-14(8-7-13)6-3-12-9(10)11;1-5(2,3)4/h2-8H2,1H3,(H4,10,11,12);(H2,1,2,3,4). The summed E-state index contributed by atoms with van der Waals surface area (Å²) >= 11 is 0. The van der Waals surface area contributed by atoms with Gasteiger partial charge in [-0.3, -0.25) is 14.1 Å². The van der Waals surface area contributed by atoms with Crippen LogP contribution in [-0.2, 0) is 10.4 Å². The molecule has 0 amide bonds. The minimum atomic E-state index is -4.67. The number of nitrogens with zero attached hydrogens (tertiary/aromatic N) is 3. The second-order valence-electron chi connectivity index (χ2n) is 4.25. The van der Waals surface area contributed by atoms with Crippen LogP contribution in [-0.4, -0.2) is 79.6 Å². The van der Waals surface area contributed by atoms with Gasteiger partial charge in [-0.15, -0.1) is 0 Å². The summed E-state index contributed by atoms with van der Waals surface area (Å²) in [5.41, 5.74) is 10.5. The van der Waals surface area contributed by atoms with Crippen LogP contribution in [0.5, 0.6) is 0 Å². The molecule has 9 nitrogen and oxygen atoms in total. The van der Waals surface area contributed by atoms with E-state index >= 15 is 0 Å². The molecular formula is C9H23N5O4S. The molecule has 0 aliphatic carbocycles. The van der Waals surface area contributed by atoms with Gasteiger partial charge < -0.3 is 21.3 Å². The molecule has 0 saturated carbocycles. The van der Waals surface area contributed by atoms with E-state index in [1.54, 1.807) is 0 Å². The predicted octanol–water partition coefficient (Wildman–Crippen LogP) is -1.76. The van der Waals surface area contributed by atoms with Gasteiger partial charge in [-0.1, -0.05) is 0 Å². The summed E-state index contributed by atoms with van der Waals surface area (Å²) in [6.45, 7) is 6.29. The lowest BCUT2D eigenvalue weighted by Crippen LogP contribution is -2.32. The Balaban J connectivity index is 0.000000555. The third-order valence-electron chi connectivity index (χ3n) is 2.52. The number of likely N-dealkylation sites (N-methyl/N-ethyl adjacent to an activating group) is 1. The highest BCUT2D eigenvalue weighted by Crippen LogP contribution is 2.00. The van der Waals surface area contributed by atoms with Crippen LogP contribution in [0.4, 0.5) is 0 Å². The zero-order valence-electron chi connectivity index (χ0n) is 11.1. The average Bonchev–Trinajstić information content (AvgIpc) is 2.41. The summed E-state index contributed by atoms with van der Waals surface area (Å²) in [6, 6.07) is 0. The molecule has 0 aromatic carbocycles. The molecule has 0 bridgehead atoms. The molecule has 0 spiro atoms. The number of guanidine groups is 1. The van der Waals surface area contributed by atoms with Crippen molar-refractivity contribution in [3.05, 3.63) is 0 Å². The zero-order chi connectivity index (χ0) is 14.9. The molecule has 1 saturated heterocycles. The van der Waals surface area contributed by atoms with Gasteiger partial charge in [0.15, 0.2) is 5.96 Å². The van der Waals surface area contributed by atoms with Crippen molar-refractivity contribution in [1.82, 2.24) is 9.80 Å². The van der Waals surface area contributed by atoms with Crippen LogP contribution in [0.2, 0.25) is 0 Å². The Morgan fingerprint density at radius 1 is 1.21 bits per heavy atom. The molecule has 0 atom stereocenters. The monoisotopic (exact) mass is 297 g/mol. The summed E-state index contributed by atoms with van der Waals surface area (Å²) in [6.07, 6.45) is 1.23. The van der Waals surface area contributed by atoms with E-state index in [0.717, 1.165) is 26.2 Å². The van der Waals surface area contributed by atoms with Crippen molar-refractivity contribution >= 4 is 16.4 Å². The average molecular weight is 297 g/mol. The number of nitrogens with two attached hydrogens (primary N) is 2. The van der Waals surface area contributed by atoms with E-state index in [2.05, 4.69) is 21.8 Å². The minimum Gasteiger partial charge on any atom is -0.370 e. The molecule has 10 heteroatoms. The van der Waals surface area contributed by atoms with E-state index in [0.29, 0.717) is 6.54 Å². The Morgan fingerprint density at radius 2 is 1.79 bits per heavy atom. The van der Waals surface area contributed by atoms with Crippen molar-refractivity contribution in [2.75, 3.05) is 46.3 Å². The van der Waals surface area contributed by atoms with Crippen molar-refractivity contribution in [3.8, 4) is 0 Å². The van der Waals surface area contributed by atoms with Gasteiger partial charge in [0.05, 0.1) is 6.54 Å². The van der Waals surface area contributed by atoms with Gasteiger partial charge in [0.25, 0.3) is 0 Å². The first-order valence-corrected chi connectivity index (χ1v) is 7.24. The van der Waals surface area contributed by atoms with E-state index in [1.165, 1.54) is 13.0 Å². The van der Waals surface area contributed by atoms with Gasteiger partial charge in [-0.2, -0.15) is 8.42 Å². The highest BCUT2D eigenvalue weighted by molar-refractivity contribution is 7.79. The fourth-order valence-electron chi connectivity index (χ4n) is 1.64. The van der Waals surface area contributed by atoms with Gasteiger partial charge >= 0.3 is 10.4 Å². The Hall–Kier alpha value is -0.940. The summed E-state index contributed by atoms with van der Waals surface area (Å²) in [5.74, 6) is 0.192. The fourth-order valence-corrected chi connectivity index (χ4v) is 1.64. The zero-order valence-corrected chi connectivity index (χ0v) is 11.9. The van der Waals surface area contributed by atoms with Gasteiger partial charge in [-0.25, -0.2) is 0 Å². The largest absolute Gasteiger partial charge is 0.394 e. The van der Waals surface area contributed by atoms with Gasteiger partial charge in [0.1, 0.15) is 0 Å². The van der Waals surface area contributed by atoms with Crippen molar-refractivity contribution < 1.29 is 17.5 Å². The first-order valence-electron chi connectivity index (χ1n) is 5.84. The smallest absolute Gasteiger partial charge is 0.370 e. The molecule has 1 aliphatic rings. The van der Waals surface area contributed by atoms with Gasteiger partial charge in [0.2, 0.25) is 0 Å². The summed E-state index contributed by atoms with van der Waals surface area (Å²) in [4.78, 5) is 8.76. The van der Waals surface area contributed by atoms with Crippen LogP contribution in [0, 0.1) is 0 Å². The van der Waals surface area contributed by atoms with Crippen LogP contribution in [0.15, 0.2) is 4.99 Å². The number of rotatable bonds is 3. The quantitative estimate of drug-likeness (QED) is 0.272. The van der Waals surface area contributed by atoms with Gasteiger partial charge in [-0.05, 0) is 26.6 Å². The molecular weight excluding hydrogens is 274 g/mol. The predicted molar refractivity (Wildman–Crippen MR) is 73.4 cm³/mol. The molecule has 1 rings (SSSR count). The topological polar surface area (TPSA) is 145 Å². The molecule has 0 aromatic rings. The maximum atomic E-state index is 8.74. The highest BCUT2D eigenvalue weighted by Gasteiger charge is 2.10. The Labute approximate surface area is 113 Å². The Morgan fingerprint density at radius 3 is 2.32 bits per heavy atom. The lowest BCUT2D eigenvalue weighted by atomic mass is 10.4. The molecule has 1 fully saturated rings. The normalized spacial score (nSPS) is 18.1. The molecule has 19 heavy (non-hydrogen) atoms. The highest BCUT2D eigenvalue weighted by atomic mass is 32.3. The SMILES string of the molecule is CN1CCCN(CCN=C(N)N)CC1.O=S(=O)(O)O. The van der Waals surface area contributed by atoms with Crippen molar-refractivity contribution in [3.63, 3.8) is 0 Å². The second kappa shape index (κ2) is 9.04. The van der Waals surface area contributed by atoms with Crippen LogP contribution in [0.3, 0.4) is 0 Å². The van der Waals surface area contributed by atoms with Crippen molar-refractivity contribution in [2.45, 2.75) is 6.42 Å². The van der Waals surface area contributed by atoms with Crippen LogP contribution < -0.4 is 11.5 Å². The van der Waals surface area contributed by atoms with E-state index < -0.39 is 10.4 Å². The van der Waals surface area contributed by atoms with E-state index in [9.17, 15) is 0 Å². The summed E-state index contributed by atoms with van der Waals surface area (Å²) in [5, 5.41) is 0. The third kappa shape index (κ3) is 15.0. The van der Waals surface area contributed by atoms with Crippen LogP contribution in [0.1, 0.15) is 6.42 Å². The lowest BCUT2D eigenvalue weighted by molar-refractivity contribution is 0.283. The molecule has 0 unspecified atom stereocenters. The molecule has 0 aromatic heterocycles. The Bertz CT molecular complexity index is 361. The molecule has 6 N–H and O–H groups in total. The summed E-state index contributed by atoms with van der Waals surface area (Å²) < 4.78 is 31.6. The minimum absolute atomic E-state index is 0.192.